The number of carbonyl (C=O) groups excluding carboxylic acids is 2. The molecule has 0 aliphatic heterocycles. The molecule has 12 heteroatoms. The first-order chi connectivity index (χ1) is 13.8. The Morgan fingerprint density at radius 3 is 2.57 bits per heavy atom. The minimum absolute atomic E-state index is 0.0637. The fraction of sp³-hybridized carbons (Fsp3) is 0.444. The van der Waals surface area contributed by atoms with Crippen LogP contribution in [0.1, 0.15) is 52.0 Å². The van der Waals surface area contributed by atoms with Gasteiger partial charge in [0, 0.05) is 38.1 Å². The van der Waals surface area contributed by atoms with E-state index in [1.807, 2.05) is 0 Å². The second kappa shape index (κ2) is 7.26. The molecule has 162 valence electrons. The summed E-state index contributed by atoms with van der Waals surface area (Å²) in [5.74, 6) is -8.62. The molecule has 2 aromatic heterocycles. The molecule has 0 aromatic carbocycles. The standard InChI is InChI=1S/C18H19F4N5O3/c1-9-13(16(29)24-11-3-4-27(30)12(5-11)15(23)28)26(25-14(9)17(2,19)20)8-10-6-18(21,22)7-10/h3-5,10,30H,6-8H2,1-2H3,(H2,23,28). The van der Waals surface area contributed by atoms with E-state index in [1.54, 1.807) is 0 Å². The van der Waals surface area contributed by atoms with Gasteiger partial charge in [-0.3, -0.25) is 14.3 Å². The summed E-state index contributed by atoms with van der Waals surface area (Å²) in [6.07, 6.45) is 0.176. The molecule has 0 unspecified atom stereocenters. The molecule has 2 amide bonds. The number of halogens is 4. The smallest absolute Gasteiger partial charge is 0.296 e. The Morgan fingerprint density at radius 1 is 1.40 bits per heavy atom. The Balaban J connectivity index is 2.03. The maximum Gasteiger partial charge on any atom is 0.296 e. The van der Waals surface area contributed by atoms with E-state index in [9.17, 15) is 32.4 Å². The van der Waals surface area contributed by atoms with Crippen LogP contribution in [0.25, 0.3) is 0 Å². The highest BCUT2D eigenvalue weighted by molar-refractivity contribution is 5.95. The molecule has 1 saturated carbocycles. The summed E-state index contributed by atoms with van der Waals surface area (Å²) in [5, 5.41) is 13.3. The van der Waals surface area contributed by atoms with Crippen LogP contribution in [0.5, 0.6) is 0 Å². The SMILES string of the molecule is Cc1c(C(C)(F)F)nn(CC2CC(F)(F)C2)c1C(=O)N=c1ccn(O)c(C(N)=O)c1. The van der Waals surface area contributed by atoms with Gasteiger partial charge in [-0.1, -0.05) is 0 Å². The Hall–Kier alpha value is -3.18. The van der Waals surface area contributed by atoms with Crippen LogP contribution >= 0.6 is 0 Å². The van der Waals surface area contributed by atoms with E-state index in [0.717, 1.165) is 16.9 Å². The van der Waals surface area contributed by atoms with Gasteiger partial charge in [0.15, 0.2) is 0 Å². The van der Waals surface area contributed by atoms with Gasteiger partial charge in [-0.25, -0.2) is 13.8 Å². The lowest BCUT2D eigenvalue weighted by Gasteiger charge is -2.34. The Labute approximate surface area is 167 Å². The molecule has 2 heterocycles. The van der Waals surface area contributed by atoms with Gasteiger partial charge in [-0.05, 0) is 25.0 Å². The molecule has 1 fully saturated rings. The van der Waals surface area contributed by atoms with Crippen molar-refractivity contribution in [3.63, 3.8) is 0 Å². The van der Waals surface area contributed by atoms with Gasteiger partial charge in [0.05, 0.1) is 5.36 Å². The molecule has 3 rings (SSSR count). The van der Waals surface area contributed by atoms with Crippen molar-refractivity contribution in [2.75, 3.05) is 0 Å². The summed E-state index contributed by atoms with van der Waals surface area (Å²) in [6.45, 7) is 1.75. The number of hydrogen-bond acceptors (Lipinski definition) is 4. The number of carbonyl (C=O) groups is 2. The molecule has 0 atom stereocenters. The van der Waals surface area contributed by atoms with Crippen LogP contribution in [0.4, 0.5) is 17.6 Å². The summed E-state index contributed by atoms with van der Waals surface area (Å²) < 4.78 is 55.6. The third-order valence-corrected chi connectivity index (χ3v) is 4.81. The van der Waals surface area contributed by atoms with Crippen LogP contribution in [-0.2, 0) is 12.5 Å². The largest absolute Gasteiger partial charge is 0.428 e. The topological polar surface area (TPSA) is 116 Å². The van der Waals surface area contributed by atoms with Crippen LogP contribution in [0.2, 0.25) is 0 Å². The molecule has 0 bridgehead atoms. The van der Waals surface area contributed by atoms with Gasteiger partial charge >= 0.3 is 0 Å². The number of nitrogens with two attached hydrogens (primary N) is 1. The molecule has 30 heavy (non-hydrogen) atoms. The van der Waals surface area contributed by atoms with Crippen molar-refractivity contribution in [2.45, 2.75) is 45.1 Å². The average molecular weight is 429 g/mol. The molecule has 3 N–H and O–H groups in total. The molecule has 1 aliphatic rings. The fourth-order valence-corrected chi connectivity index (χ4v) is 3.44. The summed E-state index contributed by atoms with van der Waals surface area (Å²) in [7, 11) is 0. The zero-order chi connectivity index (χ0) is 22.4. The quantitative estimate of drug-likeness (QED) is 0.560. The Kier molecular flexibility index (Phi) is 5.21. The average Bonchev–Trinajstić information content (AvgIpc) is 2.91. The van der Waals surface area contributed by atoms with E-state index in [0.29, 0.717) is 11.7 Å². The van der Waals surface area contributed by atoms with E-state index < -0.39 is 48.1 Å². The first kappa shape index (κ1) is 21.5. The number of primary amides is 1. The lowest BCUT2D eigenvalue weighted by molar-refractivity contribution is -0.114. The van der Waals surface area contributed by atoms with Crippen LogP contribution in [-0.4, -0.2) is 37.5 Å². The van der Waals surface area contributed by atoms with Crippen LogP contribution < -0.4 is 11.1 Å². The van der Waals surface area contributed by atoms with Crippen molar-refractivity contribution in [1.82, 2.24) is 14.5 Å². The maximum atomic E-state index is 13.9. The molecular weight excluding hydrogens is 410 g/mol. The summed E-state index contributed by atoms with van der Waals surface area (Å²) in [6, 6.07) is 2.24. The van der Waals surface area contributed by atoms with E-state index in [1.165, 1.54) is 13.0 Å². The van der Waals surface area contributed by atoms with Gasteiger partial charge in [0.1, 0.15) is 17.1 Å². The van der Waals surface area contributed by atoms with E-state index in [2.05, 4.69) is 10.1 Å². The van der Waals surface area contributed by atoms with Gasteiger partial charge < -0.3 is 10.9 Å². The maximum absolute atomic E-state index is 13.9. The van der Waals surface area contributed by atoms with Gasteiger partial charge in [0.2, 0.25) is 5.92 Å². The van der Waals surface area contributed by atoms with Crippen molar-refractivity contribution in [1.29, 1.82) is 0 Å². The lowest BCUT2D eigenvalue weighted by Crippen LogP contribution is -2.38. The molecule has 0 saturated heterocycles. The number of amides is 2. The second-order valence-electron chi connectivity index (χ2n) is 7.42. The van der Waals surface area contributed by atoms with E-state index >= 15 is 0 Å². The number of aromatic nitrogens is 3. The van der Waals surface area contributed by atoms with Gasteiger partial charge in [-0.2, -0.15) is 18.6 Å². The third kappa shape index (κ3) is 4.21. The molecule has 8 nitrogen and oxygen atoms in total. The number of nitrogens with zero attached hydrogens (tertiary/aromatic N) is 4. The summed E-state index contributed by atoms with van der Waals surface area (Å²) in [5.41, 5.74) is 3.74. The molecule has 2 aromatic rings. The van der Waals surface area contributed by atoms with Crippen molar-refractivity contribution < 1.29 is 32.4 Å². The Morgan fingerprint density at radius 2 is 2.03 bits per heavy atom. The lowest BCUT2D eigenvalue weighted by atomic mass is 9.81. The molecule has 0 radical (unpaired) electrons. The molecular formula is C18H19F4N5O3. The highest BCUT2D eigenvalue weighted by atomic mass is 19.3. The van der Waals surface area contributed by atoms with Crippen LogP contribution in [0.15, 0.2) is 23.3 Å². The fourth-order valence-electron chi connectivity index (χ4n) is 3.44. The zero-order valence-corrected chi connectivity index (χ0v) is 16.1. The molecule has 0 spiro atoms. The number of hydrogen-bond donors (Lipinski definition) is 2. The zero-order valence-electron chi connectivity index (χ0n) is 16.1. The van der Waals surface area contributed by atoms with Crippen LogP contribution in [0, 0.1) is 12.8 Å². The van der Waals surface area contributed by atoms with Gasteiger partial charge in [0.25, 0.3) is 17.7 Å². The normalized spacial score (nSPS) is 17.1. The highest BCUT2D eigenvalue weighted by Crippen LogP contribution is 2.43. The Bertz CT molecular complexity index is 1080. The first-order valence-corrected chi connectivity index (χ1v) is 8.93. The highest BCUT2D eigenvalue weighted by Gasteiger charge is 2.46. The summed E-state index contributed by atoms with van der Waals surface area (Å²) in [4.78, 5) is 27.9. The predicted octanol–water partition coefficient (Wildman–Crippen LogP) is 2.23. The minimum Gasteiger partial charge on any atom is -0.428 e. The number of pyridine rings is 1. The summed E-state index contributed by atoms with van der Waals surface area (Å²) >= 11 is 0. The van der Waals surface area contributed by atoms with Crippen LogP contribution in [0.3, 0.4) is 0 Å². The van der Waals surface area contributed by atoms with Crippen molar-refractivity contribution in [2.24, 2.45) is 16.6 Å². The minimum atomic E-state index is -3.36. The van der Waals surface area contributed by atoms with Crippen molar-refractivity contribution in [3.8, 4) is 0 Å². The number of rotatable bonds is 5. The first-order valence-electron chi connectivity index (χ1n) is 8.93. The van der Waals surface area contributed by atoms with Crippen molar-refractivity contribution >= 4 is 11.8 Å². The second-order valence-corrected chi connectivity index (χ2v) is 7.42. The monoisotopic (exact) mass is 429 g/mol. The van der Waals surface area contributed by atoms with E-state index in [-0.39, 0.29) is 28.9 Å². The van der Waals surface area contributed by atoms with Gasteiger partial charge in [-0.15, -0.1) is 0 Å². The molecule has 1 aliphatic carbocycles. The predicted molar refractivity (Wildman–Crippen MR) is 94.2 cm³/mol. The van der Waals surface area contributed by atoms with Crippen molar-refractivity contribution in [3.05, 3.63) is 46.3 Å². The van der Waals surface area contributed by atoms with E-state index in [4.69, 9.17) is 5.73 Å². The number of alkyl halides is 4. The third-order valence-electron chi connectivity index (χ3n) is 4.81.